The molecule has 8 nitrogen and oxygen atoms in total. The average molecular weight is 379 g/mol. The highest BCUT2D eigenvalue weighted by molar-refractivity contribution is 7.21. The van der Waals surface area contributed by atoms with Crippen LogP contribution >= 0.6 is 11.3 Å². The normalized spacial score (nSPS) is 12.0. The number of thiophene rings is 1. The molecule has 1 atom stereocenters. The molecule has 0 bridgehead atoms. The quantitative estimate of drug-likeness (QED) is 0.680. The average Bonchev–Trinajstić information content (AvgIpc) is 2.97. The lowest BCUT2D eigenvalue weighted by Gasteiger charge is -2.17. The van der Waals surface area contributed by atoms with Gasteiger partial charge < -0.3 is 21.1 Å². The number of amides is 2. The van der Waals surface area contributed by atoms with Crippen molar-refractivity contribution < 1.29 is 14.3 Å². The third kappa shape index (κ3) is 4.40. The fourth-order valence-electron chi connectivity index (χ4n) is 2.41. The number of aromatic nitrogens is 2. The molecular formula is C17H25N5O3S. The van der Waals surface area contributed by atoms with Crippen LogP contribution in [0.4, 0.5) is 10.5 Å². The largest absolute Gasteiger partial charge is 0.450 e. The van der Waals surface area contributed by atoms with E-state index in [1.54, 1.807) is 0 Å². The number of aryl methyl sites for hydroxylation is 2. The molecule has 0 aliphatic heterocycles. The third-order valence-electron chi connectivity index (χ3n) is 4.10. The molecule has 2 amide bonds. The van der Waals surface area contributed by atoms with Crippen LogP contribution in [0.15, 0.2) is 0 Å². The van der Waals surface area contributed by atoms with Gasteiger partial charge in [0.1, 0.15) is 9.71 Å². The minimum Gasteiger partial charge on any atom is -0.450 e. The Morgan fingerprint density at radius 1 is 1.27 bits per heavy atom. The zero-order valence-corrected chi connectivity index (χ0v) is 16.3. The molecule has 2 aromatic rings. The van der Waals surface area contributed by atoms with Crippen LogP contribution in [0.2, 0.25) is 0 Å². The number of fused-ring (bicyclic) bond motifs is 1. The molecule has 0 saturated heterocycles. The van der Waals surface area contributed by atoms with E-state index in [4.69, 9.17) is 10.5 Å². The van der Waals surface area contributed by atoms with E-state index in [1.807, 2.05) is 27.7 Å². The van der Waals surface area contributed by atoms with E-state index in [9.17, 15) is 9.59 Å². The van der Waals surface area contributed by atoms with Crippen LogP contribution in [0.25, 0.3) is 10.2 Å². The van der Waals surface area contributed by atoms with Gasteiger partial charge in [0.25, 0.3) is 5.91 Å². The first kappa shape index (κ1) is 19.9. The summed E-state index contributed by atoms with van der Waals surface area (Å²) in [6.45, 7) is 8.27. The van der Waals surface area contributed by atoms with Crippen molar-refractivity contribution in [2.24, 2.45) is 0 Å². The molecule has 0 fully saturated rings. The smallest absolute Gasteiger partial charge is 0.407 e. The molecule has 2 rings (SSSR count). The zero-order chi connectivity index (χ0) is 19.3. The van der Waals surface area contributed by atoms with Gasteiger partial charge in [0.05, 0.1) is 18.0 Å². The minimum atomic E-state index is -0.476. The van der Waals surface area contributed by atoms with Gasteiger partial charge in [-0.25, -0.2) is 4.79 Å². The summed E-state index contributed by atoms with van der Waals surface area (Å²) in [6.07, 6.45) is 0.942. The van der Waals surface area contributed by atoms with Crippen LogP contribution in [0.1, 0.15) is 47.6 Å². The lowest BCUT2D eigenvalue weighted by atomic mass is 10.1. The van der Waals surface area contributed by atoms with Crippen LogP contribution in [-0.2, 0) is 4.74 Å². The fraction of sp³-hybridized carbons (Fsp3) is 0.529. The maximum atomic E-state index is 12.5. The van der Waals surface area contributed by atoms with Gasteiger partial charge in [0.15, 0.2) is 0 Å². The zero-order valence-electron chi connectivity index (χ0n) is 15.5. The molecule has 0 aromatic carbocycles. The Bertz CT molecular complexity index is 805. The highest BCUT2D eigenvalue weighted by atomic mass is 32.1. The Kier molecular flexibility index (Phi) is 6.73. The van der Waals surface area contributed by atoms with E-state index in [0.717, 1.165) is 23.1 Å². The first-order chi connectivity index (χ1) is 12.4. The van der Waals surface area contributed by atoms with Crippen molar-refractivity contribution in [2.75, 3.05) is 18.9 Å². The van der Waals surface area contributed by atoms with Crippen molar-refractivity contribution in [1.82, 2.24) is 20.8 Å². The fourth-order valence-corrected chi connectivity index (χ4v) is 3.42. The van der Waals surface area contributed by atoms with Crippen molar-refractivity contribution in [1.29, 1.82) is 0 Å². The van der Waals surface area contributed by atoms with Crippen LogP contribution in [0, 0.1) is 13.8 Å². The summed E-state index contributed by atoms with van der Waals surface area (Å²) in [5.41, 5.74) is 8.31. The van der Waals surface area contributed by atoms with E-state index >= 15 is 0 Å². The maximum absolute atomic E-state index is 12.5. The third-order valence-corrected chi connectivity index (χ3v) is 5.19. The van der Waals surface area contributed by atoms with Gasteiger partial charge in [-0.15, -0.1) is 16.4 Å². The summed E-state index contributed by atoms with van der Waals surface area (Å²) in [7, 11) is 0. The maximum Gasteiger partial charge on any atom is 0.407 e. The van der Waals surface area contributed by atoms with Crippen LogP contribution in [0.3, 0.4) is 0 Å². The number of nitrogens with two attached hydrogens (primary N) is 1. The summed E-state index contributed by atoms with van der Waals surface area (Å²) in [6, 6.07) is -0.220. The predicted octanol–water partition coefficient (Wildman–Crippen LogP) is 2.53. The summed E-state index contributed by atoms with van der Waals surface area (Å²) in [5, 5.41) is 14.5. The summed E-state index contributed by atoms with van der Waals surface area (Å²) >= 11 is 1.22. The number of nitrogens with zero attached hydrogens (tertiary/aromatic N) is 2. The molecule has 0 aliphatic carbocycles. The number of anilines is 1. The van der Waals surface area contributed by atoms with Gasteiger partial charge >= 0.3 is 6.09 Å². The molecule has 9 heteroatoms. The first-order valence-corrected chi connectivity index (χ1v) is 9.43. The van der Waals surface area contributed by atoms with Gasteiger partial charge in [-0.3, -0.25) is 4.79 Å². The Morgan fingerprint density at radius 2 is 2.00 bits per heavy atom. The molecular weight excluding hydrogens is 354 g/mol. The molecule has 2 aromatic heterocycles. The van der Waals surface area contributed by atoms with E-state index < -0.39 is 6.09 Å². The van der Waals surface area contributed by atoms with Gasteiger partial charge in [-0.2, -0.15) is 5.10 Å². The van der Waals surface area contributed by atoms with Gasteiger partial charge in [0.2, 0.25) is 0 Å². The Hall–Kier alpha value is -2.42. The van der Waals surface area contributed by atoms with E-state index in [0.29, 0.717) is 28.4 Å². The molecule has 1 unspecified atom stereocenters. The minimum absolute atomic E-state index is 0.220. The molecule has 4 N–H and O–H groups in total. The highest BCUT2D eigenvalue weighted by Gasteiger charge is 2.21. The van der Waals surface area contributed by atoms with Crippen molar-refractivity contribution in [2.45, 2.75) is 46.6 Å². The molecule has 2 heterocycles. The lowest BCUT2D eigenvalue weighted by Crippen LogP contribution is -2.43. The topological polar surface area (TPSA) is 119 Å². The molecule has 0 aliphatic rings. The monoisotopic (exact) mass is 379 g/mol. The number of carbonyl (C=O) groups is 2. The van der Waals surface area contributed by atoms with E-state index in [1.165, 1.54) is 11.3 Å². The second kappa shape index (κ2) is 8.79. The Labute approximate surface area is 156 Å². The van der Waals surface area contributed by atoms with Crippen molar-refractivity contribution in [3.8, 4) is 0 Å². The summed E-state index contributed by atoms with van der Waals surface area (Å²) in [4.78, 5) is 25.2. The van der Waals surface area contributed by atoms with Gasteiger partial charge in [-0.05, 0) is 32.3 Å². The Balaban J connectivity index is 2.05. The Morgan fingerprint density at radius 3 is 2.65 bits per heavy atom. The van der Waals surface area contributed by atoms with Crippen molar-refractivity contribution >= 4 is 39.2 Å². The number of alkyl carbamates (subject to hydrolysis) is 1. The molecule has 26 heavy (non-hydrogen) atoms. The highest BCUT2D eigenvalue weighted by Crippen LogP contribution is 2.34. The summed E-state index contributed by atoms with van der Waals surface area (Å²) in [5.74, 6) is -0.287. The first-order valence-electron chi connectivity index (χ1n) is 8.62. The number of nitrogen functional groups attached to an aromatic ring is 1. The molecule has 0 saturated carbocycles. The molecule has 142 valence electrons. The van der Waals surface area contributed by atoms with Gasteiger partial charge in [-0.1, -0.05) is 13.8 Å². The number of hydrogen-bond donors (Lipinski definition) is 3. The number of carbonyl (C=O) groups excluding carboxylic acids is 2. The lowest BCUT2D eigenvalue weighted by molar-refractivity contribution is 0.0950. The van der Waals surface area contributed by atoms with Gasteiger partial charge in [0, 0.05) is 18.0 Å². The van der Waals surface area contributed by atoms with Crippen LogP contribution in [0.5, 0.6) is 0 Å². The van der Waals surface area contributed by atoms with E-state index in [-0.39, 0.29) is 18.5 Å². The molecule has 0 spiro atoms. The van der Waals surface area contributed by atoms with E-state index in [2.05, 4.69) is 20.8 Å². The SMILES string of the molecule is CCCOC(=O)NC(CC)CNC(=O)c1sc2nnc(C)c(C)c2c1N. The summed E-state index contributed by atoms with van der Waals surface area (Å²) < 4.78 is 5.00. The standard InChI is InChI=1S/C17H25N5O3S/c1-5-7-25-17(24)20-11(6-2)8-19-15(23)14-13(18)12-9(3)10(4)21-22-16(12)26-14/h11H,5-8,18H2,1-4H3,(H,19,23)(H,20,24). The van der Waals surface area contributed by atoms with Crippen molar-refractivity contribution in [3.05, 3.63) is 16.1 Å². The van der Waals surface area contributed by atoms with Crippen molar-refractivity contribution in [3.63, 3.8) is 0 Å². The van der Waals surface area contributed by atoms with Crippen LogP contribution < -0.4 is 16.4 Å². The number of nitrogens with one attached hydrogen (secondary N) is 2. The molecule has 0 radical (unpaired) electrons. The number of hydrogen-bond acceptors (Lipinski definition) is 7. The second-order valence-corrected chi connectivity index (χ2v) is 7.03. The number of ether oxygens (including phenoxy) is 1. The van der Waals surface area contributed by atoms with Crippen LogP contribution in [-0.4, -0.2) is 41.4 Å². The predicted molar refractivity (Wildman–Crippen MR) is 102 cm³/mol. The number of rotatable bonds is 7. The second-order valence-electron chi connectivity index (χ2n) is 6.03.